The van der Waals surface area contributed by atoms with Crippen LogP contribution in [-0.4, -0.2) is 33.9 Å². The Morgan fingerprint density at radius 2 is 2.14 bits per heavy atom. The number of rotatable bonds is 8. The maximum atomic E-state index is 12.8. The van der Waals surface area contributed by atoms with Gasteiger partial charge in [0.25, 0.3) is 5.91 Å². The van der Waals surface area contributed by atoms with Crippen LogP contribution in [0.25, 0.3) is 11.1 Å². The summed E-state index contributed by atoms with van der Waals surface area (Å²) < 4.78 is 31.5. The lowest BCUT2D eigenvalue weighted by Gasteiger charge is -2.14. The van der Waals surface area contributed by atoms with Gasteiger partial charge in [0.1, 0.15) is 5.76 Å². The molecule has 0 bridgehead atoms. The topological polar surface area (TPSA) is 80.3 Å². The molecule has 1 atom stereocenters. The first-order chi connectivity index (χ1) is 13.5. The second-order valence-corrected chi connectivity index (χ2v) is 6.51. The Kier molecular flexibility index (Phi) is 6.20. The molecule has 2 heterocycles. The molecule has 8 heteroatoms. The van der Waals surface area contributed by atoms with Gasteiger partial charge in [0.05, 0.1) is 12.0 Å². The monoisotopic (exact) mass is 389 g/mol. The molecule has 148 valence electrons. The van der Waals surface area contributed by atoms with Crippen molar-refractivity contribution in [1.82, 2.24) is 15.1 Å². The minimum atomic E-state index is -2.72. The van der Waals surface area contributed by atoms with E-state index in [1.165, 1.54) is 6.20 Å². The van der Waals surface area contributed by atoms with Gasteiger partial charge >= 0.3 is 6.55 Å². The number of aliphatic hydroxyl groups excluding tert-OH is 1. The third-order valence-corrected chi connectivity index (χ3v) is 4.43. The fraction of sp³-hybridized carbons (Fsp3) is 0.300. The van der Waals surface area contributed by atoms with Crippen molar-refractivity contribution in [2.24, 2.45) is 5.92 Å². The van der Waals surface area contributed by atoms with E-state index >= 15 is 0 Å². The van der Waals surface area contributed by atoms with E-state index in [4.69, 9.17) is 4.42 Å². The van der Waals surface area contributed by atoms with Crippen molar-refractivity contribution in [3.8, 4) is 11.1 Å². The van der Waals surface area contributed by atoms with Crippen LogP contribution in [0.3, 0.4) is 0 Å². The number of furan rings is 1. The standard InChI is InChI=1S/C20H21F2N3O3/c1-13-18(11-25(24-13)20(21)22)15-4-2-5-16(9-15)19(27)23-10-14(12-26)8-17-6-3-7-28-17/h2-7,9,11,14,20,26H,8,10,12H2,1H3,(H,23,27)/t14-/m0/s1. The lowest BCUT2D eigenvalue weighted by atomic mass is 10.0. The number of aliphatic hydroxyl groups is 1. The smallest absolute Gasteiger partial charge is 0.333 e. The van der Waals surface area contributed by atoms with Crippen LogP contribution in [-0.2, 0) is 6.42 Å². The molecule has 0 unspecified atom stereocenters. The van der Waals surface area contributed by atoms with Crippen LogP contribution >= 0.6 is 0 Å². The zero-order valence-corrected chi connectivity index (χ0v) is 15.3. The molecule has 1 aromatic carbocycles. The predicted molar refractivity (Wildman–Crippen MR) is 99.0 cm³/mol. The number of hydrogen-bond acceptors (Lipinski definition) is 4. The van der Waals surface area contributed by atoms with Crippen LogP contribution in [0.2, 0.25) is 0 Å². The van der Waals surface area contributed by atoms with Gasteiger partial charge < -0.3 is 14.8 Å². The molecular weight excluding hydrogens is 368 g/mol. The minimum Gasteiger partial charge on any atom is -0.469 e. The van der Waals surface area contributed by atoms with E-state index in [1.54, 1.807) is 43.5 Å². The number of alkyl halides is 2. The number of aromatic nitrogens is 2. The van der Waals surface area contributed by atoms with Crippen molar-refractivity contribution in [1.29, 1.82) is 0 Å². The fourth-order valence-corrected chi connectivity index (χ4v) is 2.95. The summed E-state index contributed by atoms with van der Waals surface area (Å²) in [6.07, 6.45) is 3.34. The second-order valence-electron chi connectivity index (χ2n) is 6.51. The van der Waals surface area contributed by atoms with Gasteiger partial charge in [-0.1, -0.05) is 12.1 Å². The number of amides is 1. The number of aryl methyl sites for hydroxylation is 1. The zero-order valence-electron chi connectivity index (χ0n) is 15.3. The molecular formula is C20H21F2N3O3. The van der Waals surface area contributed by atoms with Crippen molar-refractivity contribution in [3.63, 3.8) is 0 Å². The van der Waals surface area contributed by atoms with Gasteiger partial charge in [0, 0.05) is 42.8 Å². The molecule has 6 nitrogen and oxygen atoms in total. The maximum absolute atomic E-state index is 12.8. The van der Waals surface area contributed by atoms with Gasteiger partial charge in [0.15, 0.2) is 0 Å². The Hall–Kier alpha value is -3.00. The van der Waals surface area contributed by atoms with E-state index in [0.29, 0.717) is 33.5 Å². The zero-order chi connectivity index (χ0) is 20.1. The molecule has 0 fully saturated rings. The van der Waals surface area contributed by atoms with Gasteiger partial charge in [-0.25, -0.2) is 4.68 Å². The van der Waals surface area contributed by atoms with Gasteiger partial charge in [-0.2, -0.15) is 13.9 Å². The van der Waals surface area contributed by atoms with Crippen LogP contribution in [0.15, 0.2) is 53.3 Å². The molecule has 2 aromatic heterocycles. The largest absolute Gasteiger partial charge is 0.469 e. The summed E-state index contributed by atoms with van der Waals surface area (Å²) in [5.41, 5.74) is 2.03. The van der Waals surface area contributed by atoms with Crippen LogP contribution in [0.1, 0.15) is 28.4 Å². The molecule has 0 aliphatic carbocycles. The average molecular weight is 389 g/mol. The number of carbonyl (C=O) groups excluding carboxylic acids is 1. The Bertz CT molecular complexity index is 923. The molecule has 0 radical (unpaired) electrons. The van der Waals surface area contributed by atoms with Gasteiger partial charge in [-0.15, -0.1) is 0 Å². The highest BCUT2D eigenvalue weighted by molar-refractivity contribution is 5.95. The summed E-state index contributed by atoms with van der Waals surface area (Å²) in [5.74, 6) is 0.255. The third-order valence-electron chi connectivity index (χ3n) is 4.43. The van der Waals surface area contributed by atoms with E-state index in [-0.39, 0.29) is 25.0 Å². The first kappa shape index (κ1) is 19.8. The third kappa shape index (κ3) is 4.64. The van der Waals surface area contributed by atoms with Crippen molar-refractivity contribution in [3.05, 3.63) is 65.9 Å². The first-order valence-electron chi connectivity index (χ1n) is 8.83. The van der Waals surface area contributed by atoms with E-state index in [1.807, 2.05) is 6.07 Å². The van der Waals surface area contributed by atoms with E-state index < -0.39 is 6.55 Å². The molecule has 0 saturated heterocycles. The lowest BCUT2D eigenvalue weighted by Crippen LogP contribution is -2.31. The van der Waals surface area contributed by atoms with Crippen LogP contribution in [0.4, 0.5) is 8.78 Å². The summed E-state index contributed by atoms with van der Waals surface area (Å²) >= 11 is 0. The summed E-state index contributed by atoms with van der Waals surface area (Å²) in [6, 6.07) is 10.3. The summed E-state index contributed by atoms with van der Waals surface area (Å²) in [5, 5.41) is 16.1. The number of nitrogens with one attached hydrogen (secondary N) is 1. The number of hydrogen-bond donors (Lipinski definition) is 2. The van der Waals surface area contributed by atoms with Crippen LogP contribution in [0.5, 0.6) is 0 Å². The summed E-state index contributed by atoms with van der Waals surface area (Å²) in [4.78, 5) is 12.5. The molecule has 2 N–H and O–H groups in total. The average Bonchev–Trinajstić information content (AvgIpc) is 3.34. The predicted octanol–water partition coefficient (Wildman–Crippen LogP) is 3.43. The Labute approximate surface area is 160 Å². The highest BCUT2D eigenvalue weighted by Crippen LogP contribution is 2.25. The summed E-state index contributed by atoms with van der Waals surface area (Å²) in [6.45, 7) is -0.889. The van der Waals surface area contributed by atoms with E-state index in [2.05, 4.69) is 10.4 Å². The molecule has 0 aliphatic rings. The van der Waals surface area contributed by atoms with E-state index in [9.17, 15) is 18.7 Å². The van der Waals surface area contributed by atoms with Gasteiger partial charge in [-0.05, 0) is 36.8 Å². The second kappa shape index (κ2) is 8.79. The normalized spacial score (nSPS) is 12.3. The Balaban J connectivity index is 1.68. The Morgan fingerprint density at radius 3 is 2.79 bits per heavy atom. The minimum absolute atomic E-state index is 0.0903. The highest BCUT2D eigenvalue weighted by Gasteiger charge is 2.16. The van der Waals surface area contributed by atoms with Crippen molar-refractivity contribution >= 4 is 5.91 Å². The van der Waals surface area contributed by atoms with Gasteiger partial charge in [0.2, 0.25) is 0 Å². The lowest BCUT2D eigenvalue weighted by molar-refractivity contribution is 0.0563. The van der Waals surface area contributed by atoms with Crippen molar-refractivity contribution < 1.29 is 23.1 Å². The molecule has 0 saturated carbocycles. The molecule has 0 spiro atoms. The highest BCUT2D eigenvalue weighted by atomic mass is 19.3. The van der Waals surface area contributed by atoms with Crippen molar-refractivity contribution in [2.75, 3.05) is 13.2 Å². The number of nitrogens with zero attached hydrogens (tertiary/aromatic N) is 2. The van der Waals surface area contributed by atoms with E-state index in [0.717, 1.165) is 5.76 Å². The molecule has 0 aliphatic heterocycles. The number of halogens is 2. The first-order valence-corrected chi connectivity index (χ1v) is 8.83. The van der Waals surface area contributed by atoms with Gasteiger partial charge in [-0.3, -0.25) is 4.79 Å². The molecule has 28 heavy (non-hydrogen) atoms. The molecule has 1 amide bonds. The van der Waals surface area contributed by atoms with Crippen LogP contribution in [0, 0.1) is 12.8 Å². The fourth-order valence-electron chi connectivity index (χ4n) is 2.95. The summed E-state index contributed by atoms with van der Waals surface area (Å²) in [7, 11) is 0. The number of carbonyl (C=O) groups is 1. The maximum Gasteiger partial charge on any atom is 0.333 e. The quantitative estimate of drug-likeness (QED) is 0.619. The molecule has 3 aromatic rings. The Morgan fingerprint density at radius 1 is 1.32 bits per heavy atom. The molecule has 3 rings (SSSR count). The van der Waals surface area contributed by atoms with Crippen molar-refractivity contribution in [2.45, 2.75) is 19.9 Å². The van der Waals surface area contributed by atoms with Crippen LogP contribution < -0.4 is 5.32 Å². The number of benzene rings is 1. The SMILES string of the molecule is Cc1nn(C(F)F)cc1-c1cccc(C(=O)NC[C@@H](CO)Cc2ccco2)c1.